The van der Waals surface area contributed by atoms with Crippen molar-refractivity contribution in [1.82, 2.24) is 0 Å². The minimum atomic E-state index is -3.24. The first-order valence-corrected chi connectivity index (χ1v) is 10.8. The molecule has 3 aromatic rings. The van der Waals surface area contributed by atoms with Crippen molar-refractivity contribution in [2.24, 2.45) is 0 Å². The molecule has 0 radical (unpaired) electrons. The molecule has 3 aromatic carbocycles. The predicted octanol–water partition coefficient (Wildman–Crippen LogP) is 4.49. The van der Waals surface area contributed by atoms with Gasteiger partial charge in [0.05, 0.1) is 10.5 Å². The first kappa shape index (κ1) is 18.1. The Balaban J connectivity index is 1.79. The van der Waals surface area contributed by atoms with Gasteiger partial charge in [0.25, 0.3) is 0 Å². The summed E-state index contributed by atoms with van der Waals surface area (Å²) in [6, 6.07) is 24.4. The van der Waals surface area contributed by atoms with Gasteiger partial charge in [-0.25, -0.2) is 8.42 Å². The minimum absolute atomic E-state index is 0.282. The number of allylic oxidation sites excluding steroid dienone is 1. The lowest BCUT2D eigenvalue weighted by Gasteiger charge is -2.21. The fourth-order valence-electron chi connectivity index (χ4n) is 3.05. The normalized spacial score (nSPS) is 13.2. The molecule has 0 unspecified atom stereocenters. The molecule has 0 aromatic heterocycles. The minimum Gasteiger partial charge on any atom is -0.455 e. The smallest absolute Gasteiger partial charge is 0.175 e. The molecule has 0 spiro atoms. The Labute approximate surface area is 165 Å². The molecule has 4 heteroatoms. The number of benzene rings is 3. The van der Waals surface area contributed by atoms with Crippen LogP contribution in [0.1, 0.15) is 16.7 Å². The quantitative estimate of drug-likeness (QED) is 0.610. The van der Waals surface area contributed by atoms with Gasteiger partial charge in [0.1, 0.15) is 11.5 Å². The van der Waals surface area contributed by atoms with Gasteiger partial charge in [0, 0.05) is 23.8 Å². The molecule has 1 heterocycles. The van der Waals surface area contributed by atoms with E-state index in [1.54, 1.807) is 24.3 Å². The summed E-state index contributed by atoms with van der Waals surface area (Å²) in [5.41, 5.74) is 3.69. The van der Waals surface area contributed by atoms with Gasteiger partial charge >= 0.3 is 0 Å². The Morgan fingerprint density at radius 3 is 2.21 bits per heavy atom. The van der Waals surface area contributed by atoms with Gasteiger partial charge in [0.2, 0.25) is 0 Å². The van der Waals surface area contributed by atoms with Gasteiger partial charge in [-0.2, -0.15) is 0 Å². The largest absolute Gasteiger partial charge is 0.455 e. The summed E-state index contributed by atoms with van der Waals surface area (Å²) in [5.74, 6) is 7.92. The zero-order chi connectivity index (χ0) is 19.6. The second-order valence-corrected chi connectivity index (χ2v) is 8.62. The molecule has 0 amide bonds. The summed E-state index contributed by atoms with van der Waals surface area (Å²) in [4.78, 5) is 0.282. The van der Waals surface area contributed by atoms with Crippen LogP contribution in [0.3, 0.4) is 0 Å². The molecule has 28 heavy (non-hydrogen) atoms. The molecule has 138 valence electrons. The van der Waals surface area contributed by atoms with Gasteiger partial charge < -0.3 is 4.74 Å². The molecular weight excluding hydrogens is 368 g/mol. The van der Waals surface area contributed by atoms with Crippen LogP contribution in [0.2, 0.25) is 0 Å². The van der Waals surface area contributed by atoms with Crippen molar-refractivity contribution in [1.29, 1.82) is 0 Å². The summed E-state index contributed by atoms with van der Waals surface area (Å²) in [6.45, 7) is 0. The zero-order valence-electron chi connectivity index (χ0n) is 15.3. The van der Waals surface area contributed by atoms with Crippen LogP contribution in [0.4, 0.5) is 0 Å². The van der Waals surface area contributed by atoms with E-state index in [2.05, 4.69) is 11.8 Å². The van der Waals surface area contributed by atoms with Crippen LogP contribution >= 0.6 is 0 Å². The Morgan fingerprint density at radius 1 is 0.821 bits per heavy atom. The second-order valence-electron chi connectivity index (χ2n) is 6.61. The summed E-state index contributed by atoms with van der Waals surface area (Å²) < 4.78 is 29.7. The van der Waals surface area contributed by atoms with E-state index in [1.165, 1.54) is 6.26 Å². The lowest BCUT2D eigenvalue weighted by Crippen LogP contribution is -2.09. The average Bonchev–Trinajstić information content (AvgIpc) is 2.72. The fourth-order valence-corrected chi connectivity index (χ4v) is 3.68. The van der Waals surface area contributed by atoms with E-state index in [0.29, 0.717) is 12.2 Å². The number of rotatable bonds is 2. The van der Waals surface area contributed by atoms with E-state index in [0.717, 1.165) is 28.0 Å². The lowest BCUT2D eigenvalue weighted by molar-refractivity contribution is 0.494. The monoisotopic (exact) mass is 386 g/mol. The summed E-state index contributed by atoms with van der Waals surface area (Å²) in [6.07, 6.45) is 1.87. The Bertz CT molecular complexity index is 1210. The van der Waals surface area contributed by atoms with Crippen LogP contribution in [0.5, 0.6) is 5.75 Å². The standard InChI is InChI=1S/C24H18O3S/c1-28(25,26)22-15-13-19(14-16-22)24-21(12-11-18-7-3-2-4-8-18)17-20-9-5-6-10-23(20)27-24/h2-10,13-16H,17H2,1H3. The molecule has 0 saturated heterocycles. The van der Waals surface area contributed by atoms with Crippen LogP contribution in [-0.4, -0.2) is 14.7 Å². The molecule has 3 nitrogen and oxygen atoms in total. The maximum Gasteiger partial charge on any atom is 0.175 e. The molecule has 0 bridgehead atoms. The third kappa shape index (κ3) is 3.85. The van der Waals surface area contributed by atoms with Gasteiger partial charge in [-0.1, -0.05) is 48.2 Å². The van der Waals surface area contributed by atoms with Crippen molar-refractivity contribution in [3.05, 3.63) is 101 Å². The van der Waals surface area contributed by atoms with Crippen LogP contribution < -0.4 is 4.74 Å². The van der Waals surface area contributed by atoms with Gasteiger partial charge in [0.15, 0.2) is 9.84 Å². The van der Waals surface area contributed by atoms with Crippen LogP contribution in [0.25, 0.3) is 5.76 Å². The maximum absolute atomic E-state index is 11.7. The average molecular weight is 386 g/mol. The molecule has 0 saturated carbocycles. The SMILES string of the molecule is CS(=O)(=O)c1ccc(C2=C(C#Cc3ccccc3)Cc3ccccc3O2)cc1. The second kappa shape index (κ2) is 7.38. The molecular formula is C24H18O3S. The molecule has 0 aliphatic carbocycles. The van der Waals surface area contributed by atoms with E-state index in [1.807, 2.05) is 54.6 Å². The van der Waals surface area contributed by atoms with Crippen LogP contribution in [0, 0.1) is 11.8 Å². The van der Waals surface area contributed by atoms with Crippen molar-refractivity contribution < 1.29 is 13.2 Å². The molecule has 0 N–H and O–H groups in total. The first-order valence-electron chi connectivity index (χ1n) is 8.87. The highest BCUT2D eigenvalue weighted by molar-refractivity contribution is 7.90. The van der Waals surface area contributed by atoms with Gasteiger partial charge in [-0.3, -0.25) is 0 Å². The Hall–Kier alpha value is -3.29. The maximum atomic E-state index is 11.7. The highest BCUT2D eigenvalue weighted by atomic mass is 32.2. The summed E-state index contributed by atoms with van der Waals surface area (Å²) in [7, 11) is -3.24. The number of hydrogen-bond acceptors (Lipinski definition) is 3. The first-order chi connectivity index (χ1) is 13.5. The molecule has 0 atom stereocenters. The van der Waals surface area contributed by atoms with Gasteiger partial charge in [-0.15, -0.1) is 0 Å². The Morgan fingerprint density at radius 2 is 1.50 bits per heavy atom. The third-order valence-electron chi connectivity index (χ3n) is 4.50. The van der Waals surface area contributed by atoms with E-state index in [-0.39, 0.29) is 4.90 Å². The predicted molar refractivity (Wildman–Crippen MR) is 111 cm³/mol. The molecule has 1 aliphatic heterocycles. The van der Waals surface area contributed by atoms with Crippen molar-refractivity contribution in [2.75, 3.05) is 6.26 Å². The number of ether oxygens (including phenoxy) is 1. The number of para-hydroxylation sites is 1. The summed E-state index contributed by atoms with van der Waals surface area (Å²) >= 11 is 0. The highest BCUT2D eigenvalue weighted by Crippen LogP contribution is 2.34. The van der Waals surface area contributed by atoms with Crippen LogP contribution in [0.15, 0.2) is 89.3 Å². The molecule has 0 fully saturated rings. The fraction of sp³-hybridized carbons (Fsp3) is 0.0833. The van der Waals surface area contributed by atoms with E-state index in [4.69, 9.17) is 4.74 Å². The van der Waals surface area contributed by atoms with Crippen molar-refractivity contribution >= 4 is 15.6 Å². The third-order valence-corrected chi connectivity index (χ3v) is 5.63. The molecule has 1 aliphatic rings. The number of hydrogen-bond donors (Lipinski definition) is 0. The van der Waals surface area contributed by atoms with Crippen molar-refractivity contribution in [3.8, 4) is 17.6 Å². The topological polar surface area (TPSA) is 43.4 Å². The van der Waals surface area contributed by atoms with E-state index < -0.39 is 9.84 Å². The Kier molecular flexibility index (Phi) is 4.77. The van der Waals surface area contributed by atoms with Crippen molar-refractivity contribution in [3.63, 3.8) is 0 Å². The number of fused-ring (bicyclic) bond motifs is 1. The van der Waals surface area contributed by atoms with E-state index in [9.17, 15) is 8.42 Å². The number of sulfone groups is 1. The lowest BCUT2D eigenvalue weighted by atomic mass is 9.97. The van der Waals surface area contributed by atoms with Gasteiger partial charge in [-0.05, 0) is 48.0 Å². The zero-order valence-corrected chi connectivity index (χ0v) is 16.2. The van der Waals surface area contributed by atoms with E-state index >= 15 is 0 Å². The van der Waals surface area contributed by atoms with Crippen molar-refractivity contribution in [2.45, 2.75) is 11.3 Å². The van der Waals surface area contributed by atoms with Crippen LogP contribution in [-0.2, 0) is 16.3 Å². The molecule has 4 rings (SSSR count). The summed E-state index contributed by atoms with van der Waals surface area (Å²) in [5, 5.41) is 0. The highest BCUT2D eigenvalue weighted by Gasteiger charge is 2.20.